The fraction of sp³-hybridized carbons (Fsp3) is 0.688. The van der Waals surface area contributed by atoms with Gasteiger partial charge >= 0.3 is 0 Å². The van der Waals surface area contributed by atoms with Gasteiger partial charge in [0.2, 0.25) is 0 Å². The van der Waals surface area contributed by atoms with E-state index in [1.54, 1.807) is 0 Å². The topological polar surface area (TPSA) is 39.0 Å². The molecule has 6 heteroatoms. The number of hydrogen-bond acceptors (Lipinski definition) is 3. The lowest BCUT2D eigenvalue weighted by Gasteiger charge is -2.38. The van der Waals surface area contributed by atoms with E-state index in [-0.39, 0.29) is 0 Å². The highest BCUT2D eigenvalue weighted by molar-refractivity contribution is 5.79. The van der Waals surface area contributed by atoms with Gasteiger partial charge in [-0.1, -0.05) is 0 Å². The van der Waals surface area contributed by atoms with Crippen molar-refractivity contribution in [3.8, 4) is 0 Å². The van der Waals surface area contributed by atoms with Crippen molar-refractivity contribution in [1.82, 2.24) is 24.6 Å². The zero-order valence-electron chi connectivity index (χ0n) is 14.6. The Kier molecular flexibility index (Phi) is 5.85. The second kappa shape index (κ2) is 7.65. The maximum Gasteiger partial charge on any atom is 0.193 e. The third-order valence-corrected chi connectivity index (χ3v) is 4.50. The minimum atomic E-state index is 0.527. The van der Waals surface area contributed by atoms with E-state index in [0.29, 0.717) is 6.04 Å². The molecule has 124 valence electrons. The third-order valence-electron chi connectivity index (χ3n) is 4.50. The summed E-state index contributed by atoms with van der Waals surface area (Å²) < 4.78 is 2.15. The highest BCUT2D eigenvalue weighted by Gasteiger charge is 2.22. The van der Waals surface area contributed by atoms with Crippen LogP contribution in [-0.4, -0.2) is 85.6 Å². The molecule has 1 aromatic rings. The van der Waals surface area contributed by atoms with Crippen LogP contribution in [-0.2, 0) is 13.6 Å². The molecule has 22 heavy (non-hydrogen) atoms. The number of aliphatic imine (C=N–C) groups is 1. The van der Waals surface area contributed by atoms with Gasteiger partial charge in [-0.05, 0) is 26.2 Å². The van der Waals surface area contributed by atoms with Gasteiger partial charge in [-0.2, -0.15) is 0 Å². The molecule has 2 rings (SSSR count). The molecule has 1 aromatic heterocycles. The predicted molar refractivity (Wildman–Crippen MR) is 92.2 cm³/mol. The molecule has 0 radical (unpaired) electrons. The number of aromatic nitrogens is 1. The predicted octanol–water partition coefficient (Wildman–Crippen LogP) is 0.278. The maximum absolute atomic E-state index is 4.42. The average Bonchev–Trinajstić information content (AvgIpc) is 2.88. The number of hydrogen-bond donors (Lipinski definition) is 1. The molecule has 1 N–H and O–H groups in total. The molecule has 0 bridgehead atoms. The van der Waals surface area contributed by atoms with Crippen LogP contribution in [0, 0.1) is 0 Å². The number of rotatable bonds is 4. The monoisotopic (exact) mass is 306 g/mol. The molecule has 0 amide bonds. The Morgan fingerprint density at radius 3 is 2.77 bits per heavy atom. The van der Waals surface area contributed by atoms with E-state index in [9.17, 15) is 0 Å². The maximum atomic E-state index is 4.42. The number of guanidine groups is 1. The molecule has 0 spiro atoms. The van der Waals surface area contributed by atoms with Crippen LogP contribution in [0.5, 0.6) is 0 Å². The number of piperazine rings is 1. The summed E-state index contributed by atoms with van der Waals surface area (Å²) in [6.07, 6.45) is 2.08. The number of nitrogens with one attached hydrogen (secondary N) is 1. The average molecular weight is 306 g/mol. The second-order valence-electron chi connectivity index (χ2n) is 6.29. The van der Waals surface area contributed by atoms with Crippen molar-refractivity contribution in [2.45, 2.75) is 12.6 Å². The minimum Gasteiger partial charge on any atom is -0.355 e. The summed E-state index contributed by atoms with van der Waals surface area (Å²) in [5.41, 5.74) is 1.28. The molecule has 1 saturated heterocycles. The number of nitrogens with zero attached hydrogens (tertiary/aromatic N) is 5. The van der Waals surface area contributed by atoms with E-state index in [1.807, 2.05) is 7.05 Å². The van der Waals surface area contributed by atoms with Gasteiger partial charge in [0.25, 0.3) is 0 Å². The van der Waals surface area contributed by atoms with Crippen molar-refractivity contribution >= 4 is 5.96 Å². The van der Waals surface area contributed by atoms with Crippen LogP contribution >= 0.6 is 0 Å². The first kappa shape index (κ1) is 16.8. The Bertz CT molecular complexity index is 495. The molecule has 1 aliphatic rings. The summed E-state index contributed by atoms with van der Waals surface area (Å²) in [5, 5.41) is 3.52. The summed E-state index contributed by atoms with van der Waals surface area (Å²) in [4.78, 5) is 11.4. The van der Waals surface area contributed by atoms with Crippen molar-refractivity contribution in [2.75, 3.05) is 54.4 Å². The van der Waals surface area contributed by atoms with Gasteiger partial charge in [-0.3, -0.25) is 9.89 Å². The zero-order chi connectivity index (χ0) is 16.1. The van der Waals surface area contributed by atoms with Crippen molar-refractivity contribution in [2.24, 2.45) is 12.0 Å². The smallest absolute Gasteiger partial charge is 0.193 e. The summed E-state index contributed by atoms with van der Waals surface area (Å²) in [7, 11) is 10.4. The van der Waals surface area contributed by atoms with Crippen LogP contribution < -0.4 is 5.32 Å². The van der Waals surface area contributed by atoms with Crippen molar-refractivity contribution in [3.05, 3.63) is 24.0 Å². The molecule has 1 aliphatic heterocycles. The number of likely N-dealkylation sites (N-methyl/N-ethyl adjacent to an activating group) is 2. The summed E-state index contributed by atoms with van der Waals surface area (Å²) in [5.74, 6) is 0.947. The van der Waals surface area contributed by atoms with Crippen molar-refractivity contribution < 1.29 is 0 Å². The van der Waals surface area contributed by atoms with Gasteiger partial charge in [0.1, 0.15) is 0 Å². The molecule has 0 aromatic carbocycles. The van der Waals surface area contributed by atoms with Crippen LogP contribution in [0.3, 0.4) is 0 Å². The summed E-state index contributed by atoms with van der Waals surface area (Å²) in [6, 6.07) is 4.75. The van der Waals surface area contributed by atoms with Gasteiger partial charge in [0, 0.05) is 65.3 Å². The fourth-order valence-electron chi connectivity index (χ4n) is 2.89. The van der Waals surface area contributed by atoms with Crippen LogP contribution in [0.1, 0.15) is 5.69 Å². The first-order valence-electron chi connectivity index (χ1n) is 7.92. The Morgan fingerprint density at radius 1 is 1.36 bits per heavy atom. The van der Waals surface area contributed by atoms with Gasteiger partial charge in [-0.15, -0.1) is 0 Å². The van der Waals surface area contributed by atoms with E-state index < -0.39 is 0 Å². The minimum absolute atomic E-state index is 0.527. The first-order valence-corrected chi connectivity index (χ1v) is 7.92. The lowest BCUT2D eigenvalue weighted by atomic mass is 10.2. The highest BCUT2D eigenvalue weighted by atomic mass is 15.3. The first-order chi connectivity index (χ1) is 10.5. The Balaban J connectivity index is 1.87. The van der Waals surface area contributed by atoms with E-state index in [4.69, 9.17) is 0 Å². The summed E-state index contributed by atoms with van der Waals surface area (Å²) >= 11 is 0. The Labute approximate surface area is 134 Å². The highest BCUT2D eigenvalue weighted by Crippen LogP contribution is 2.06. The molecule has 0 aliphatic carbocycles. The third kappa shape index (κ3) is 4.24. The fourth-order valence-corrected chi connectivity index (χ4v) is 2.89. The molecule has 2 heterocycles. The van der Waals surface area contributed by atoms with Crippen molar-refractivity contribution in [3.63, 3.8) is 0 Å². The molecule has 1 atom stereocenters. The number of aryl methyl sites for hydroxylation is 1. The lowest BCUT2D eigenvalue weighted by molar-refractivity contribution is 0.116. The van der Waals surface area contributed by atoms with Crippen LogP contribution in [0.15, 0.2) is 23.3 Å². The summed E-state index contributed by atoms with van der Waals surface area (Å²) in [6.45, 7) is 5.15. The van der Waals surface area contributed by atoms with Gasteiger partial charge < -0.3 is 19.7 Å². The Hall–Kier alpha value is -1.53. The normalized spacial score (nSPS) is 21.1. The van der Waals surface area contributed by atoms with E-state index in [2.05, 4.69) is 76.1 Å². The largest absolute Gasteiger partial charge is 0.355 e. The SMILES string of the molecule is CN=C(NCC1CN(C)CCN1C)N(C)Cc1cccn1C. The lowest BCUT2D eigenvalue weighted by Crippen LogP contribution is -2.55. The standard InChI is InChI=1S/C16H30N6/c1-17-16(22(5)13-14-7-6-8-20(14)3)18-11-15-12-19(2)9-10-21(15)4/h6-8,15H,9-13H2,1-5H3,(H,17,18). The van der Waals surface area contributed by atoms with Gasteiger partial charge in [0.15, 0.2) is 5.96 Å². The molecule has 1 unspecified atom stereocenters. The molecule has 6 nitrogen and oxygen atoms in total. The second-order valence-corrected chi connectivity index (χ2v) is 6.29. The van der Waals surface area contributed by atoms with Gasteiger partial charge in [-0.25, -0.2) is 0 Å². The van der Waals surface area contributed by atoms with Crippen molar-refractivity contribution in [1.29, 1.82) is 0 Å². The molecule has 0 saturated carbocycles. The quantitative estimate of drug-likeness (QED) is 0.641. The van der Waals surface area contributed by atoms with E-state index >= 15 is 0 Å². The van der Waals surface area contributed by atoms with Crippen LogP contribution in [0.25, 0.3) is 0 Å². The molecular formula is C16H30N6. The Morgan fingerprint density at radius 2 is 2.14 bits per heavy atom. The van der Waals surface area contributed by atoms with Gasteiger partial charge in [0.05, 0.1) is 6.54 Å². The molecule has 1 fully saturated rings. The van der Waals surface area contributed by atoms with Crippen LogP contribution in [0.2, 0.25) is 0 Å². The zero-order valence-corrected chi connectivity index (χ0v) is 14.6. The van der Waals surface area contributed by atoms with Crippen LogP contribution in [0.4, 0.5) is 0 Å². The molecular weight excluding hydrogens is 276 g/mol. The van der Waals surface area contributed by atoms with E-state index in [0.717, 1.165) is 38.7 Å². The van der Waals surface area contributed by atoms with E-state index in [1.165, 1.54) is 5.69 Å².